The zero-order valence-electron chi connectivity index (χ0n) is 10.7. The van der Waals surface area contributed by atoms with E-state index in [0.717, 1.165) is 15.7 Å². The molecule has 2 aromatic carbocycles. The summed E-state index contributed by atoms with van der Waals surface area (Å²) in [6.45, 7) is 2.34. The van der Waals surface area contributed by atoms with E-state index >= 15 is 0 Å². The quantitative estimate of drug-likeness (QED) is 0.625. The Bertz CT molecular complexity index is 662. The molecule has 0 spiro atoms. The minimum atomic E-state index is -0.422. The zero-order valence-corrected chi connectivity index (χ0v) is 13.0. The summed E-state index contributed by atoms with van der Waals surface area (Å²) >= 11 is 9.29. The predicted molar refractivity (Wildman–Crippen MR) is 84.3 cm³/mol. The first-order valence-corrected chi connectivity index (χ1v) is 7.08. The van der Waals surface area contributed by atoms with E-state index in [2.05, 4.69) is 21.2 Å². The predicted octanol–water partition coefficient (Wildman–Crippen LogP) is 4.93. The van der Waals surface area contributed by atoms with Crippen molar-refractivity contribution >= 4 is 38.9 Å². The monoisotopic (exact) mass is 354 g/mol. The number of hydrogen-bond acceptors (Lipinski definition) is 3. The number of rotatable bonds is 4. The number of nitro groups is 1. The summed E-state index contributed by atoms with van der Waals surface area (Å²) in [6.07, 6.45) is 0. The Morgan fingerprint density at radius 2 is 2.10 bits per heavy atom. The molecule has 0 amide bonds. The Labute approximate surface area is 130 Å². The Morgan fingerprint density at radius 1 is 1.35 bits per heavy atom. The second kappa shape index (κ2) is 6.24. The minimum Gasteiger partial charge on any atom is -0.380 e. The molecule has 6 heteroatoms. The van der Waals surface area contributed by atoms with Crippen LogP contribution in [0.15, 0.2) is 40.9 Å². The van der Waals surface area contributed by atoms with E-state index in [9.17, 15) is 10.1 Å². The third-order valence-electron chi connectivity index (χ3n) is 2.91. The average Bonchev–Trinajstić information content (AvgIpc) is 2.41. The lowest BCUT2D eigenvalue weighted by Gasteiger charge is -2.10. The molecule has 0 saturated carbocycles. The van der Waals surface area contributed by atoms with E-state index in [1.165, 1.54) is 6.07 Å². The molecule has 0 aliphatic rings. The average molecular weight is 356 g/mol. The highest BCUT2D eigenvalue weighted by Gasteiger charge is 2.14. The SMILES string of the molecule is Cc1cccc(NCc2ccc(Cl)cc2[N+](=O)[O-])c1Br. The van der Waals surface area contributed by atoms with E-state index in [1.54, 1.807) is 12.1 Å². The first-order chi connectivity index (χ1) is 9.49. The Morgan fingerprint density at radius 3 is 2.80 bits per heavy atom. The summed E-state index contributed by atoms with van der Waals surface area (Å²) in [4.78, 5) is 10.6. The highest BCUT2D eigenvalue weighted by atomic mass is 79.9. The molecular weight excluding hydrogens is 344 g/mol. The molecule has 4 nitrogen and oxygen atoms in total. The van der Waals surface area contributed by atoms with Crippen molar-refractivity contribution in [3.63, 3.8) is 0 Å². The van der Waals surface area contributed by atoms with E-state index in [1.807, 2.05) is 25.1 Å². The van der Waals surface area contributed by atoms with Crippen LogP contribution in [0, 0.1) is 17.0 Å². The summed E-state index contributed by atoms with van der Waals surface area (Å²) in [5.74, 6) is 0. The summed E-state index contributed by atoms with van der Waals surface area (Å²) in [5.41, 5.74) is 2.61. The fourth-order valence-corrected chi connectivity index (χ4v) is 2.40. The number of nitro benzene ring substituents is 1. The largest absolute Gasteiger partial charge is 0.380 e. The van der Waals surface area contributed by atoms with E-state index in [0.29, 0.717) is 17.1 Å². The normalized spacial score (nSPS) is 10.3. The number of anilines is 1. The molecule has 2 rings (SSSR count). The number of benzene rings is 2. The first kappa shape index (κ1) is 14.8. The van der Waals surface area contributed by atoms with Crippen LogP contribution in [0.3, 0.4) is 0 Å². The zero-order chi connectivity index (χ0) is 14.7. The van der Waals surface area contributed by atoms with Crippen LogP contribution < -0.4 is 5.32 Å². The van der Waals surface area contributed by atoms with Gasteiger partial charge in [-0.1, -0.05) is 23.7 Å². The van der Waals surface area contributed by atoms with Crippen molar-refractivity contribution in [1.29, 1.82) is 0 Å². The summed E-state index contributed by atoms with van der Waals surface area (Å²) < 4.78 is 0.955. The van der Waals surface area contributed by atoms with Gasteiger partial charge in [-0.2, -0.15) is 0 Å². The van der Waals surface area contributed by atoms with Crippen molar-refractivity contribution in [1.82, 2.24) is 0 Å². The first-order valence-electron chi connectivity index (χ1n) is 5.91. The molecule has 0 bridgehead atoms. The van der Waals surface area contributed by atoms with E-state index in [4.69, 9.17) is 11.6 Å². The minimum absolute atomic E-state index is 0.0220. The number of aryl methyl sites for hydroxylation is 1. The van der Waals surface area contributed by atoms with Gasteiger partial charge in [0.1, 0.15) is 0 Å². The molecule has 0 saturated heterocycles. The fraction of sp³-hybridized carbons (Fsp3) is 0.143. The molecule has 0 aromatic heterocycles. The van der Waals surface area contributed by atoms with Gasteiger partial charge in [0.2, 0.25) is 0 Å². The molecule has 2 aromatic rings. The van der Waals surface area contributed by atoms with E-state index < -0.39 is 4.92 Å². The van der Waals surface area contributed by atoms with Crippen molar-refractivity contribution in [2.45, 2.75) is 13.5 Å². The van der Waals surface area contributed by atoms with Gasteiger partial charge >= 0.3 is 0 Å². The smallest absolute Gasteiger partial charge is 0.275 e. The van der Waals surface area contributed by atoms with Crippen molar-refractivity contribution in [3.05, 3.63) is 67.1 Å². The van der Waals surface area contributed by atoms with Crippen LogP contribution in [0.4, 0.5) is 11.4 Å². The molecule has 0 unspecified atom stereocenters. The van der Waals surface area contributed by atoms with Crippen LogP contribution in [0.5, 0.6) is 0 Å². The Balaban J connectivity index is 2.23. The fourth-order valence-electron chi connectivity index (χ4n) is 1.83. The van der Waals surface area contributed by atoms with Gasteiger partial charge in [-0.3, -0.25) is 10.1 Å². The number of nitrogens with one attached hydrogen (secondary N) is 1. The van der Waals surface area contributed by atoms with Gasteiger partial charge in [-0.05, 0) is 46.6 Å². The molecule has 0 aliphatic heterocycles. The number of halogens is 2. The summed E-state index contributed by atoms with van der Waals surface area (Å²) in [6, 6.07) is 10.5. The van der Waals surface area contributed by atoms with Crippen LogP contribution in [-0.4, -0.2) is 4.92 Å². The number of nitrogens with zero attached hydrogens (tertiary/aromatic N) is 1. The van der Waals surface area contributed by atoms with Gasteiger partial charge in [0.05, 0.1) is 4.92 Å². The maximum atomic E-state index is 11.0. The lowest BCUT2D eigenvalue weighted by Crippen LogP contribution is -2.04. The maximum Gasteiger partial charge on any atom is 0.275 e. The van der Waals surface area contributed by atoms with Crippen LogP contribution in [0.25, 0.3) is 0 Å². The van der Waals surface area contributed by atoms with Gasteiger partial charge < -0.3 is 5.32 Å². The maximum absolute atomic E-state index is 11.0. The third kappa shape index (κ3) is 3.29. The van der Waals surface area contributed by atoms with Crippen LogP contribution in [-0.2, 0) is 6.54 Å². The van der Waals surface area contributed by atoms with Crippen molar-refractivity contribution in [3.8, 4) is 0 Å². The standard InChI is InChI=1S/C14H12BrClN2O2/c1-9-3-2-4-12(14(9)15)17-8-10-5-6-11(16)7-13(10)18(19)20/h2-7,17H,8H2,1H3. The topological polar surface area (TPSA) is 55.2 Å². The molecule has 0 heterocycles. The van der Waals surface area contributed by atoms with Crippen molar-refractivity contribution in [2.24, 2.45) is 0 Å². The Hall–Kier alpha value is -1.59. The van der Waals surface area contributed by atoms with E-state index in [-0.39, 0.29) is 5.69 Å². The van der Waals surface area contributed by atoms with Crippen molar-refractivity contribution < 1.29 is 4.92 Å². The number of hydrogen-bond donors (Lipinski definition) is 1. The summed E-state index contributed by atoms with van der Waals surface area (Å²) in [5, 5.41) is 14.6. The molecule has 1 N–H and O–H groups in total. The lowest BCUT2D eigenvalue weighted by atomic mass is 10.1. The van der Waals surface area contributed by atoms with Gasteiger partial charge in [0.25, 0.3) is 5.69 Å². The second-order valence-corrected chi connectivity index (χ2v) is 5.55. The highest BCUT2D eigenvalue weighted by Crippen LogP contribution is 2.28. The van der Waals surface area contributed by atoms with Gasteiger partial charge in [0.15, 0.2) is 0 Å². The van der Waals surface area contributed by atoms with Crippen LogP contribution >= 0.6 is 27.5 Å². The molecule has 0 aliphatic carbocycles. The van der Waals surface area contributed by atoms with Gasteiger partial charge in [-0.15, -0.1) is 0 Å². The van der Waals surface area contributed by atoms with Crippen LogP contribution in [0.1, 0.15) is 11.1 Å². The van der Waals surface area contributed by atoms with Crippen LogP contribution in [0.2, 0.25) is 5.02 Å². The molecule has 0 fully saturated rings. The second-order valence-electron chi connectivity index (χ2n) is 4.32. The molecule has 0 atom stereocenters. The molecule has 0 radical (unpaired) electrons. The van der Waals surface area contributed by atoms with Crippen molar-refractivity contribution in [2.75, 3.05) is 5.32 Å². The highest BCUT2D eigenvalue weighted by molar-refractivity contribution is 9.10. The summed E-state index contributed by atoms with van der Waals surface area (Å²) in [7, 11) is 0. The molecule has 104 valence electrons. The molecular formula is C14H12BrClN2O2. The third-order valence-corrected chi connectivity index (χ3v) is 4.19. The van der Waals surface area contributed by atoms with Gasteiger partial charge in [0, 0.05) is 33.4 Å². The molecule has 20 heavy (non-hydrogen) atoms. The van der Waals surface area contributed by atoms with Gasteiger partial charge in [-0.25, -0.2) is 0 Å². The Kier molecular flexibility index (Phi) is 4.62. The lowest BCUT2D eigenvalue weighted by molar-refractivity contribution is -0.385.